The second-order valence-electron chi connectivity index (χ2n) is 5.98. The largest absolute Gasteiger partial charge is 0.390 e. The third-order valence-corrected chi connectivity index (χ3v) is 3.73. The van der Waals surface area contributed by atoms with E-state index >= 15 is 0 Å². The van der Waals surface area contributed by atoms with Gasteiger partial charge in [0.05, 0.1) is 6.42 Å². The van der Waals surface area contributed by atoms with Crippen LogP contribution in [0.2, 0.25) is 0 Å². The number of ketones is 1. The molecule has 0 saturated heterocycles. The zero-order chi connectivity index (χ0) is 18.3. The Kier molecular flexibility index (Phi) is 6.41. The van der Waals surface area contributed by atoms with Gasteiger partial charge in [0.2, 0.25) is 0 Å². The van der Waals surface area contributed by atoms with Crippen LogP contribution in [0.4, 0.5) is 13.2 Å². The molecule has 25 heavy (non-hydrogen) atoms. The number of hydrogen-bond donors (Lipinski definition) is 0. The standard InChI is InChI=1S/C21H19F3O/c1-16-6-5-7-17(14-16)10-11-18(15-21(22,23)24)12-13-20(25)19-8-3-2-4-9-19/h2-9,14,18H,12-13,15H2,1H3. The molecule has 0 bridgehead atoms. The molecule has 4 heteroatoms. The molecule has 2 aromatic carbocycles. The minimum atomic E-state index is -4.30. The monoisotopic (exact) mass is 344 g/mol. The van der Waals surface area contributed by atoms with Crippen molar-refractivity contribution in [2.24, 2.45) is 5.92 Å². The highest BCUT2D eigenvalue weighted by Gasteiger charge is 2.31. The van der Waals surface area contributed by atoms with E-state index in [1.165, 1.54) is 0 Å². The van der Waals surface area contributed by atoms with Gasteiger partial charge in [0.1, 0.15) is 0 Å². The SMILES string of the molecule is Cc1cccc(C#CC(CCC(=O)c2ccccc2)CC(F)(F)F)c1. The van der Waals surface area contributed by atoms with Gasteiger partial charge in [-0.15, -0.1) is 0 Å². The Morgan fingerprint density at radius 1 is 1.08 bits per heavy atom. The lowest BCUT2D eigenvalue weighted by Gasteiger charge is -2.13. The summed E-state index contributed by atoms with van der Waals surface area (Å²) in [6.45, 7) is 1.90. The predicted octanol–water partition coefficient (Wildman–Crippen LogP) is 5.58. The van der Waals surface area contributed by atoms with E-state index in [0.717, 1.165) is 5.56 Å². The molecule has 0 spiro atoms. The van der Waals surface area contributed by atoms with Crippen molar-refractivity contribution in [2.45, 2.75) is 32.4 Å². The Hall–Kier alpha value is -2.54. The first-order valence-electron chi connectivity index (χ1n) is 8.07. The molecule has 1 atom stereocenters. The molecule has 0 heterocycles. The van der Waals surface area contributed by atoms with Crippen LogP contribution in [-0.2, 0) is 0 Å². The second-order valence-corrected chi connectivity index (χ2v) is 5.98. The highest BCUT2D eigenvalue weighted by molar-refractivity contribution is 5.95. The molecule has 0 aromatic heterocycles. The number of hydrogen-bond acceptors (Lipinski definition) is 1. The second kappa shape index (κ2) is 8.53. The lowest BCUT2D eigenvalue weighted by atomic mass is 9.95. The molecule has 0 amide bonds. The maximum Gasteiger partial charge on any atom is 0.390 e. The molecule has 2 aromatic rings. The predicted molar refractivity (Wildman–Crippen MR) is 92.2 cm³/mol. The first kappa shape index (κ1) is 18.8. The summed E-state index contributed by atoms with van der Waals surface area (Å²) in [6, 6.07) is 15.9. The summed E-state index contributed by atoms with van der Waals surface area (Å²) in [5.41, 5.74) is 2.19. The Bertz CT molecular complexity index is 767. The van der Waals surface area contributed by atoms with E-state index < -0.39 is 18.5 Å². The van der Waals surface area contributed by atoms with E-state index in [9.17, 15) is 18.0 Å². The van der Waals surface area contributed by atoms with Crippen LogP contribution in [0.1, 0.15) is 40.7 Å². The van der Waals surface area contributed by atoms with E-state index in [1.807, 2.05) is 25.1 Å². The number of alkyl halides is 3. The van der Waals surface area contributed by atoms with Crippen LogP contribution in [0.5, 0.6) is 0 Å². The maximum absolute atomic E-state index is 12.8. The number of benzene rings is 2. The van der Waals surface area contributed by atoms with Crippen LogP contribution in [0.25, 0.3) is 0 Å². The number of carbonyl (C=O) groups is 1. The van der Waals surface area contributed by atoms with Gasteiger partial charge in [0.25, 0.3) is 0 Å². The van der Waals surface area contributed by atoms with Crippen LogP contribution in [0.3, 0.4) is 0 Å². The average Bonchev–Trinajstić information content (AvgIpc) is 2.57. The Morgan fingerprint density at radius 3 is 2.44 bits per heavy atom. The number of carbonyl (C=O) groups excluding carboxylic acids is 1. The molecule has 0 N–H and O–H groups in total. The molecule has 1 unspecified atom stereocenters. The Labute approximate surface area is 145 Å². The van der Waals surface area contributed by atoms with E-state index in [4.69, 9.17) is 0 Å². The summed E-state index contributed by atoms with van der Waals surface area (Å²) in [7, 11) is 0. The van der Waals surface area contributed by atoms with Gasteiger partial charge in [-0.2, -0.15) is 13.2 Å². The van der Waals surface area contributed by atoms with Crippen LogP contribution >= 0.6 is 0 Å². The third kappa shape index (κ3) is 6.84. The van der Waals surface area contributed by atoms with Crippen molar-refractivity contribution in [1.82, 2.24) is 0 Å². The van der Waals surface area contributed by atoms with Gasteiger partial charge in [-0.1, -0.05) is 54.3 Å². The van der Waals surface area contributed by atoms with Gasteiger partial charge >= 0.3 is 6.18 Å². The summed E-state index contributed by atoms with van der Waals surface area (Å²) in [5.74, 6) is 4.46. The van der Waals surface area contributed by atoms with Crippen molar-refractivity contribution in [3.63, 3.8) is 0 Å². The number of halogens is 3. The normalized spacial score (nSPS) is 12.2. The molecule has 0 aliphatic rings. The molecule has 0 radical (unpaired) electrons. The van der Waals surface area contributed by atoms with Gasteiger partial charge in [-0.25, -0.2) is 0 Å². The van der Waals surface area contributed by atoms with Crippen LogP contribution in [0.15, 0.2) is 54.6 Å². The van der Waals surface area contributed by atoms with Crippen molar-refractivity contribution in [3.05, 3.63) is 71.3 Å². The molecule has 130 valence electrons. The fraction of sp³-hybridized carbons (Fsp3) is 0.286. The third-order valence-electron chi connectivity index (χ3n) is 3.73. The van der Waals surface area contributed by atoms with Crippen molar-refractivity contribution in [2.75, 3.05) is 0 Å². The van der Waals surface area contributed by atoms with Crippen LogP contribution in [0, 0.1) is 24.7 Å². The molecule has 2 rings (SSSR count). The van der Waals surface area contributed by atoms with Gasteiger partial charge in [0.15, 0.2) is 5.78 Å². The number of aryl methyl sites for hydroxylation is 1. The molecular weight excluding hydrogens is 325 g/mol. The average molecular weight is 344 g/mol. The zero-order valence-corrected chi connectivity index (χ0v) is 13.9. The fourth-order valence-corrected chi connectivity index (χ4v) is 2.49. The first-order valence-corrected chi connectivity index (χ1v) is 8.07. The molecule has 0 fully saturated rings. The summed E-state index contributed by atoms with van der Waals surface area (Å²) in [4.78, 5) is 12.1. The van der Waals surface area contributed by atoms with Gasteiger partial charge in [-0.05, 0) is 31.0 Å². The highest BCUT2D eigenvalue weighted by Crippen LogP contribution is 2.27. The summed E-state index contributed by atoms with van der Waals surface area (Å²) >= 11 is 0. The Morgan fingerprint density at radius 2 is 1.80 bits per heavy atom. The molecule has 1 nitrogen and oxygen atoms in total. The minimum Gasteiger partial charge on any atom is -0.294 e. The summed E-state index contributed by atoms with van der Waals surface area (Å²) < 4.78 is 38.4. The molecule has 0 aliphatic heterocycles. The van der Waals surface area contributed by atoms with Crippen molar-refractivity contribution >= 4 is 5.78 Å². The number of rotatable bonds is 5. The zero-order valence-electron chi connectivity index (χ0n) is 13.9. The lowest BCUT2D eigenvalue weighted by Crippen LogP contribution is -2.15. The van der Waals surface area contributed by atoms with E-state index in [2.05, 4.69) is 11.8 Å². The maximum atomic E-state index is 12.8. The van der Waals surface area contributed by atoms with Crippen molar-refractivity contribution < 1.29 is 18.0 Å². The smallest absolute Gasteiger partial charge is 0.294 e. The van der Waals surface area contributed by atoms with Crippen molar-refractivity contribution in [1.29, 1.82) is 0 Å². The summed E-state index contributed by atoms with van der Waals surface area (Å²) in [5, 5.41) is 0. The van der Waals surface area contributed by atoms with Gasteiger partial charge < -0.3 is 0 Å². The Balaban J connectivity index is 2.07. The number of Topliss-reactive ketones (excluding diaryl/α,β-unsaturated/α-hetero) is 1. The molecule has 0 aliphatic carbocycles. The van der Waals surface area contributed by atoms with Crippen molar-refractivity contribution in [3.8, 4) is 11.8 Å². The molecule has 0 saturated carbocycles. The van der Waals surface area contributed by atoms with Crippen LogP contribution in [-0.4, -0.2) is 12.0 Å². The van der Waals surface area contributed by atoms with Crippen LogP contribution < -0.4 is 0 Å². The lowest BCUT2D eigenvalue weighted by molar-refractivity contribution is -0.140. The highest BCUT2D eigenvalue weighted by atomic mass is 19.4. The minimum absolute atomic E-state index is 0.0489. The quantitative estimate of drug-likeness (QED) is 0.511. The van der Waals surface area contributed by atoms with E-state index in [-0.39, 0.29) is 18.6 Å². The molecular formula is C21H19F3O. The first-order chi connectivity index (χ1) is 11.8. The van der Waals surface area contributed by atoms with Gasteiger partial charge in [-0.3, -0.25) is 4.79 Å². The topological polar surface area (TPSA) is 17.1 Å². The van der Waals surface area contributed by atoms with E-state index in [0.29, 0.717) is 11.1 Å². The fourth-order valence-electron chi connectivity index (χ4n) is 2.49. The summed E-state index contributed by atoms with van der Waals surface area (Å²) in [6.07, 6.45) is -5.17. The van der Waals surface area contributed by atoms with E-state index in [1.54, 1.807) is 36.4 Å². The van der Waals surface area contributed by atoms with Gasteiger partial charge in [0, 0.05) is 23.5 Å².